The normalized spacial score (nSPS) is 15.2. The zero-order valence-electron chi connectivity index (χ0n) is 15.3. The second-order valence-electron chi connectivity index (χ2n) is 7.08. The van der Waals surface area contributed by atoms with Crippen molar-refractivity contribution >= 4 is 38.5 Å². The Balaban J connectivity index is 1.56. The zero-order chi connectivity index (χ0) is 19.9. The summed E-state index contributed by atoms with van der Waals surface area (Å²) in [7, 11) is -3.17. The molecule has 1 heterocycles. The molecule has 1 fully saturated rings. The van der Waals surface area contributed by atoms with Crippen LogP contribution >= 0.6 is 11.3 Å². The molecule has 1 saturated carbocycles. The highest BCUT2D eigenvalue weighted by atomic mass is 32.2. The highest BCUT2D eigenvalue weighted by molar-refractivity contribution is 7.92. The van der Waals surface area contributed by atoms with Crippen LogP contribution in [0.4, 0.5) is 11.4 Å². The summed E-state index contributed by atoms with van der Waals surface area (Å²) >= 11 is 1.61. The van der Waals surface area contributed by atoms with Gasteiger partial charge in [-0.05, 0) is 59.7 Å². The lowest BCUT2D eigenvalue weighted by Crippen LogP contribution is -2.19. The van der Waals surface area contributed by atoms with E-state index in [1.54, 1.807) is 41.7 Å². The van der Waals surface area contributed by atoms with E-state index in [9.17, 15) is 13.2 Å². The highest BCUT2D eigenvalue weighted by Crippen LogP contribution is 2.52. The molecule has 1 aliphatic rings. The van der Waals surface area contributed by atoms with E-state index >= 15 is 0 Å². The van der Waals surface area contributed by atoms with Crippen LogP contribution in [0.5, 0.6) is 0 Å². The third-order valence-electron chi connectivity index (χ3n) is 5.19. The van der Waals surface area contributed by atoms with E-state index in [1.165, 1.54) is 6.26 Å². The minimum atomic E-state index is -3.17. The molecule has 0 bridgehead atoms. The molecule has 0 unspecified atom stereocenters. The summed E-state index contributed by atoms with van der Waals surface area (Å²) in [5, 5.41) is 4.85. The standard InChI is InChI=1S/C21H20N2O3S2/c1-28(25,26)21(10-11-21)16-7-4-14(5-8-16)20(24)23-18-13-15(6-9-17(18)22)19-3-2-12-27-19/h2-9,12-13H,10-11,22H2,1H3,(H,23,24). The Bertz CT molecular complexity index is 1130. The van der Waals surface area contributed by atoms with E-state index in [0.717, 1.165) is 16.0 Å². The minimum absolute atomic E-state index is 0.286. The average molecular weight is 413 g/mol. The fraction of sp³-hybridized carbons (Fsp3) is 0.190. The van der Waals surface area contributed by atoms with Crippen molar-refractivity contribution in [2.75, 3.05) is 17.3 Å². The third kappa shape index (κ3) is 3.31. The van der Waals surface area contributed by atoms with Gasteiger partial charge in [0, 0.05) is 16.7 Å². The number of hydrogen-bond acceptors (Lipinski definition) is 5. The van der Waals surface area contributed by atoms with Crippen LogP contribution in [0.1, 0.15) is 28.8 Å². The number of carbonyl (C=O) groups excluding carboxylic acids is 1. The van der Waals surface area contributed by atoms with Gasteiger partial charge in [-0.2, -0.15) is 0 Å². The molecule has 3 aromatic rings. The van der Waals surface area contributed by atoms with Crippen molar-refractivity contribution in [3.8, 4) is 10.4 Å². The third-order valence-corrected chi connectivity index (χ3v) is 8.18. The summed E-state index contributed by atoms with van der Waals surface area (Å²) in [5.74, 6) is -0.286. The van der Waals surface area contributed by atoms with Crippen LogP contribution in [0.15, 0.2) is 60.0 Å². The summed E-state index contributed by atoms with van der Waals surface area (Å²) < 4.78 is 23.3. The van der Waals surface area contributed by atoms with Crippen molar-refractivity contribution in [2.24, 2.45) is 0 Å². The van der Waals surface area contributed by atoms with Crippen molar-refractivity contribution in [1.82, 2.24) is 0 Å². The van der Waals surface area contributed by atoms with E-state index in [-0.39, 0.29) is 5.91 Å². The van der Waals surface area contributed by atoms with Crippen LogP contribution in [-0.2, 0) is 14.6 Å². The molecule has 4 rings (SSSR count). The summed E-state index contributed by atoms with van der Waals surface area (Å²) in [6.07, 6.45) is 2.52. The molecule has 3 N–H and O–H groups in total. The number of benzene rings is 2. The van der Waals surface area contributed by atoms with E-state index in [2.05, 4.69) is 5.32 Å². The molecule has 0 radical (unpaired) electrons. The Morgan fingerprint density at radius 3 is 2.39 bits per heavy atom. The molecule has 0 atom stereocenters. The van der Waals surface area contributed by atoms with Gasteiger partial charge < -0.3 is 11.1 Å². The number of nitrogen functional groups attached to an aromatic ring is 1. The number of anilines is 2. The predicted molar refractivity (Wildman–Crippen MR) is 114 cm³/mol. The van der Waals surface area contributed by atoms with Gasteiger partial charge in [0.2, 0.25) is 0 Å². The zero-order valence-corrected chi connectivity index (χ0v) is 16.9. The fourth-order valence-corrected chi connectivity index (χ4v) is 5.50. The Hall–Kier alpha value is -2.64. The first-order chi connectivity index (χ1) is 13.3. The summed E-state index contributed by atoms with van der Waals surface area (Å²) in [5.41, 5.74) is 9.24. The van der Waals surface area contributed by atoms with Gasteiger partial charge >= 0.3 is 0 Å². The van der Waals surface area contributed by atoms with Crippen molar-refractivity contribution in [3.05, 3.63) is 71.1 Å². The molecule has 7 heteroatoms. The van der Waals surface area contributed by atoms with Crippen molar-refractivity contribution in [3.63, 3.8) is 0 Å². The number of sulfone groups is 1. The van der Waals surface area contributed by atoms with Crippen LogP contribution in [0.2, 0.25) is 0 Å². The monoisotopic (exact) mass is 412 g/mol. The lowest BCUT2D eigenvalue weighted by Gasteiger charge is -2.14. The molecule has 1 aliphatic carbocycles. The first-order valence-corrected chi connectivity index (χ1v) is 11.6. The highest BCUT2D eigenvalue weighted by Gasteiger charge is 2.53. The Morgan fingerprint density at radius 2 is 1.82 bits per heavy atom. The van der Waals surface area contributed by atoms with E-state index < -0.39 is 14.6 Å². The first kappa shape index (κ1) is 18.7. The van der Waals surface area contributed by atoms with Crippen molar-refractivity contribution in [1.29, 1.82) is 0 Å². The van der Waals surface area contributed by atoms with Crippen LogP contribution < -0.4 is 11.1 Å². The number of rotatable bonds is 5. The van der Waals surface area contributed by atoms with Gasteiger partial charge in [0.25, 0.3) is 5.91 Å². The number of amides is 1. The molecule has 5 nitrogen and oxygen atoms in total. The second-order valence-corrected chi connectivity index (χ2v) is 10.4. The maximum atomic E-state index is 12.7. The van der Waals surface area contributed by atoms with Gasteiger partial charge in [-0.3, -0.25) is 4.79 Å². The predicted octanol–water partition coefficient (Wildman–Crippen LogP) is 4.28. The molecule has 144 valence electrons. The van der Waals surface area contributed by atoms with Crippen molar-refractivity contribution in [2.45, 2.75) is 17.6 Å². The Labute approximate surface area is 168 Å². The van der Waals surface area contributed by atoms with E-state index in [0.29, 0.717) is 29.8 Å². The van der Waals surface area contributed by atoms with Crippen LogP contribution in [0.3, 0.4) is 0 Å². The second kappa shape index (κ2) is 6.76. The topological polar surface area (TPSA) is 89.3 Å². The van der Waals surface area contributed by atoms with Gasteiger partial charge in [-0.15, -0.1) is 11.3 Å². The van der Waals surface area contributed by atoms with Gasteiger partial charge in [0.15, 0.2) is 9.84 Å². The lowest BCUT2D eigenvalue weighted by molar-refractivity contribution is 0.102. The summed E-state index contributed by atoms with van der Waals surface area (Å²) in [6.45, 7) is 0. The van der Waals surface area contributed by atoms with E-state index in [4.69, 9.17) is 5.73 Å². The molecule has 0 spiro atoms. The molecule has 28 heavy (non-hydrogen) atoms. The minimum Gasteiger partial charge on any atom is -0.397 e. The molecular weight excluding hydrogens is 392 g/mol. The van der Waals surface area contributed by atoms with E-state index in [1.807, 2.05) is 29.6 Å². The van der Waals surface area contributed by atoms with Gasteiger partial charge in [-0.1, -0.05) is 24.3 Å². The fourth-order valence-electron chi connectivity index (χ4n) is 3.37. The molecule has 0 saturated heterocycles. The van der Waals surface area contributed by atoms with Gasteiger partial charge in [0.05, 0.1) is 16.1 Å². The number of nitrogens with two attached hydrogens (primary N) is 1. The maximum absolute atomic E-state index is 12.7. The van der Waals surface area contributed by atoms with Gasteiger partial charge in [-0.25, -0.2) is 8.42 Å². The first-order valence-electron chi connectivity index (χ1n) is 8.85. The number of nitrogens with one attached hydrogen (secondary N) is 1. The van der Waals surface area contributed by atoms with Crippen LogP contribution in [0, 0.1) is 0 Å². The summed E-state index contributed by atoms with van der Waals surface area (Å²) in [6, 6.07) is 16.3. The average Bonchev–Trinajstić information content (AvgIpc) is 3.32. The SMILES string of the molecule is CS(=O)(=O)C1(c2ccc(C(=O)Nc3cc(-c4cccs4)ccc3N)cc2)CC1. The number of carbonyl (C=O) groups is 1. The molecule has 2 aromatic carbocycles. The Kier molecular flexibility index (Phi) is 4.51. The molecular formula is C21H20N2O3S2. The smallest absolute Gasteiger partial charge is 0.255 e. The molecule has 0 aliphatic heterocycles. The van der Waals surface area contributed by atoms with Crippen LogP contribution in [-0.4, -0.2) is 20.6 Å². The molecule has 1 amide bonds. The largest absolute Gasteiger partial charge is 0.397 e. The maximum Gasteiger partial charge on any atom is 0.255 e. The lowest BCUT2D eigenvalue weighted by atomic mass is 10.1. The quantitative estimate of drug-likeness (QED) is 0.612. The van der Waals surface area contributed by atoms with Gasteiger partial charge in [0.1, 0.15) is 0 Å². The molecule has 1 aromatic heterocycles. The Morgan fingerprint density at radius 1 is 1.11 bits per heavy atom. The van der Waals surface area contributed by atoms with Crippen LogP contribution in [0.25, 0.3) is 10.4 Å². The number of thiophene rings is 1. The summed E-state index contributed by atoms with van der Waals surface area (Å²) in [4.78, 5) is 13.7. The number of hydrogen-bond donors (Lipinski definition) is 2. The van der Waals surface area contributed by atoms with Crippen molar-refractivity contribution < 1.29 is 13.2 Å².